The van der Waals surface area contributed by atoms with Crippen molar-refractivity contribution >= 4 is 16.9 Å². The summed E-state index contributed by atoms with van der Waals surface area (Å²) >= 11 is 0. The Morgan fingerprint density at radius 2 is 1.80 bits per heavy atom. The first-order valence-corrected chi connectivity index (χ1v) is 10.2. The number of carbonyl (C=O) groups is 1. The van der Waals surface area contributed by atoms with Crippen LogP contribution in [-0.2, 0) is 4.74 Å². The Kier molecular flexibility index (Phi) is 5.86. The summed E-state index contributed by atoms with van der Waals surface area (Å²) in [5.41, 5.74) is 1.52. The lowest BCUT2D eigenvalue weighted by Crippen LogP contribution is -2.31. The molecule has 0 radical (unpaired) electrons. The maximum atomic E-state index is 13.3. The van der Waals surface area contributed by atoms with E-state index in [0.717, 1.165) is 17.7 Å². The predicted molar refractivity (Wildman–Crippen MR) is 114 cm³/mol. The van der Waals surface area contributed by atoms with Crippen LogP contribution in [0.2, 0.25) is 0 Å². The van der Waals surface area contributed by atoms with Crippen molar-refractivity contribution in [1.82, 2.24) is 4.90 Å². The molecule has 0 saturated heterocycles. The van der Waals surface area contributed by atoms with Gasteiger partial charge in [0.25, 0.3) is 5.91 Å². The minimum Gasteiger partial charge on any atom is -0.494 e. The van der Waals surface area contributed by atoms with Crippen LogP contribution < -0.4 is 10.2 Å². The lowest BCUT2D eigenvalue weighted by Gasteiger charge is -2.25. The van der Waals surface area contributed by atoms with Crippen molar-refractivity contribution in [2.45, 2.75) is 25.8 Å². The summed E-state index contributed by atoms with van der Waals surface area (Å²) in [4.78, 5) is 28.3. The Labute approximate surface area is 175 Å². The van der Waals surface area contributed by atoms with E-state index in [0.29, 0.717) is 42.7 Å². The average molecular weight is 407 g/mol. The van der Waals surface area contributed by atoms with Crippen LogP contribution in [0.15, 0.2) is 57.7 Å². The van der Waals surface area contributed by atoms with E-state index < -0.39 is 6.04 Å². The first kappa shape index (κ1) is 20.2. The number of fused-ring (bicyclic) bond motifs is 2. The fourth-order valence-corrected chi connectivity index (χ4v) is 3.89. The van der Waals surface area contributed by atoms with Crippen molar-refractivity contribution < 1.29 is 18.7 Å². The molecule has 156 valence electrons. The minimum atomic E-state index is -0.495. The molecule has 0 spiro atoms. The topological polar surface area (TPSA) is 69.0 Å². The molecule has 1 aromatic heterocycles. The minimum absolute atomic E-state index is 0.132. The molecule has 0 N–H and O–H groups in total. The number of hydrogen-bond donors (Lipinski definition) is 0. The second-order valence-corrected chi connectivity index (χ2v) is 7.34. The summed E-state index contributed by atoms with van der Waals surface area (Å²) in [7, 11) is 1.63. The highest BCUT2D eigenvalue weighted by Crippen LogP contribution is 2.38. The Hall–Kier alpha value is -3.12. The lowest BCUT2D eigenvalue weighted by molar-refractivity contribution is 0.0708. The lowest BCUT2D eigenvalue weighted by atomic mass is 9.98. The van der Waals surface area contributed by atoms with Crippen molar-refractivity contribution in [1.29, 1.82) is 0 Å². The SMILES string of the molecule is CCCOc1ccc(C2c3c(oc4ccccc4c3=O)C(=O)N2CCCOC)cc1. The van der Waals surface area contributed by atoms with Crippen LogP contribution in [-0.4, -0.2) is 37.7 Å². The van der Waals surface area contributed by atoms with Crippen molar-refractivity contribution in [3.05, 3.63) is 75.6 Å². The molecule has 0 fully saturated rings. The van der Waals surface area contributed by atoms with Gasteiger partial charge in [0.2, 0.25) is 5.76 Å². The number of benzene rings is 2. The number of rotatable bonds is 8. The van der Waals surface area contributed by atoms with Gasteiger partial charge in [-0.2, -0.15) is 0 Å². The summed E-state index contributed by atoms with van der Waals surface area (Å²) in [6, 6.07) is 14.1. The number of ether oxygens (including phenoxy) is 2. The molecule has 3 aromatic rings. The molecule has 1 unspecified atom stereocenters. The zero-order valence-corrected chi connectivity index (χ0v) is 17.2. The standard InChI is InChI=1S/C24H25NO5/c1-3-14-29-17-11-9-16(10-12-17)21-20-22(26)18-7-4-5-8-19(18)30-23(20)24(27)25(21)13-6-15-28-2/h4-5,7-12,21H,3,6,13-15H2,1-2H3. The van der Waals surface area contributed by atoms with Gasteiger partial charge in [-0.15, -0.1) is 0 Å². The maximum Gasteiger partial charge on any atom is 0.290 e. The monoisotopic (exact) mass is 407 g/mol. The molecule has 1 amide bonds. The molecule has 1 atom stereocenters. The molecular formula is C24H25NO5. The molecule has 0 aliphatic carbocycles. The molecule has 30 heavy (non-hydrogen) atoms. The third-order valence-electron chi connectivity index (χ3n) is 5.29. The summed E-state index contributed by atoms with van der Waals surface area (Å²) in [6.07, 6.45) is 1.59. The summed E-state index contributed by atoms with van der Waals surface area (Å²) in [5, 5.41) is 0.482. The van der Waals surface area contributed by atoms with Crippen molar-refractivity contribution in [3.63, 3.8) is 0 Å². The molecule has 6 nitrogen and oxygen atoms in total. The third kappa shape index (κ3) is 3.59. The van der Waals surface area contributed by atoms with Gasteiger partial charge >= 0.3 is 0 Å². The van der Waals surface area contributed by atoms with E-state index in [1.54, 1.807) is 36.3 Å². The van der Waals surface area contributed by atoms with Crippen molar-refractivity contribution in [3.8, 4) is 5.75 Å². The van der Waals surface area contributed by atoms with Gasteiger partial charge in [-0.25, -0.2) is 0 Å². The molecule has 0 saturated carbocycles. The summed E-state index contributed by atoms with van der Waals surface area (Å²) < 4.78 is 16.7. The maximum absolute atomic E-state index is 13.3. The zero-order valence-electron chi connectivity index (χ0n) is 17.2. The molecule has 6 heteroatoms. The van der Waals surface area contributed by atoms with Gasteiger partial charge in [0.1, 0.15) is 11.3 Å². The van der Waals surface area contributed by atoms with Gasteiger partial charge in [0.15, 0.2) is 5.43 Å². The zero-order chi connectivity index (χ0) is 21.1. The number of carbonyl (C=O) groups excluding carboxylic acids is 1. The van der Waals surface area contributed by atoms with Crippen LogP contribution in [0.1, 0.15) is 47.5 Å². The van der Waals surface area contributed by atoms with Crippen LogP contribution in [0.5, 0.6) is 5.75 Å². The Morgan fingerprint density at radius 1 is 1.03 bits per heavy atom. The molecule has 1 aliphatic heterocycles. The third-order valence-corrected chi connectivity index (χ3v) is 5.29. The smallest absolute Gasteiger partial charge is 0.290 e. The van der Waals surface area contributed by atoms with Crippen LogP contribution >= 0.6 is 0 Å². The van der Waals surface area contributed by atoms with Gasteiger partial charge in [-0.1, -0.05) is 31.2 Å². The second-order valence-electron chi connectivity index (χ2n) is 7.34. The van der Waals surface area contributed by atoms with E-state index in [1.165, 1.54) is 0 Å². The number of amides is 1. The first-order valence-electron chi connectivity index (χ1n) is 10.2. The molecule has 0 bridgehead atoms. The quantitative estimate of drug-likeness (QED) is 0.525. The number of nitrogens with zero attached hydrogens (tertiary/aromatic N) is 1. The molecule has 4 rings (SSSR count). The Bertz CT molecular complexity index is 1100. The Morgan fingerprint density at radius 3 is 2.53 bits per heavy atom. The summed E-state index contributed by atoms with van der Waals surface area (Å²) in [5.74, 6) is 0.634. The van der Waals surface area contributed by atoms with Crippen molar-refractivity contribution in [2.75, 3.05) is 26.9 Å². The van der Waals surface area contributed by atoms with Gasteiger partial charge in [-0.05, 0) is 42.7 Å². The van der Waals surface area contributed by atoms with Gasteiger partial charge in [0, 0.05) is 20.3 Å². The van der Waals surface area contributed by atoms with E-state index in [1.807, 2.05) is 24.3 Å². The van der Waals surface area contributed by atoms with Gasteiger partial charge in [-0.3, -0.25) is 9.59 Å². The average Bonchev–Trinajstić information content (AvgIpc) is 3.05. The van der Waals surface area contributed by atoms with E-state index in [-0.39, 0.29) is 17.1 Å². The normalized spacial score (nSPS) is 15.6. The highest BCUT2D eigenvalue weighted by Gasteiger charge is 2.42. The number of hydrogen-bond acceptors (Lipinski definition) is 5. The van der Waals surface area contributed by atoms with Crippen LogP contribution in [0.4, 0.5) is 0 Å². The number of methoxy groups -OCH3 is 1. The molecule has 2 aromatic carbocycles. The van der Waals surface area contributed by atoms with Crippen LogP contribution in [0.3, 0.4) is 0 Å². The van der Waals surface area contributed by atoms with Crippen LogP contribution in [0.25, 0.3) is 11.0 Å². The molecular weight excluding hydrogens is 382 g/mol. The largest absolute Gasteiger partial charge is 0.494 e. The van der Waals surface area contributed by atoms with Crippen molar-refractivity contribution in [2.24, 2.45) is 0 Å². The summed E-state index contributed by atoms with van der Waals surface area (Å²) in [6.45, 7) is 3.69. The fourth-order valence-electron chi connectivity index (χ4n) is 3.89. The van der Waals surface area contributed by atoms with E-state index in [4.69, 9.17) is 13.9 Å². The van der Waals surface area contributed by atoms with Crippen LogP contribution in [0, 0.1) is 0 Å². The fraction of sp³-hybridized carbons (Fsp3) is 0.333. The first-order chi connectivity index (χ1) is 14.7. The van der Waals surface area contributed by atoms with Gasteiger partial charge < -0.3 is 18.8 Å². The number of para-hydroxylation sites is 1. The Balaban J connectivity index is 1.80. The highest BCUT2D eigenvalue weighted by atomic mass is 16.5. The molecule has 2 heterocycles. The van der Waals surface area contributed by atoms with Gasteiger partial charge in [0.05, 0.1) is 23.6 Å². The highest BCUT2D eigenvalue weighted by molar-refractivity contribution is 5.99. The van der Waals surface area contributed by atoms with E-state index >= 15 is 0 Å². The van der Waals surface area contributed by atoms with E-state index in [2.05, 4.69) is 6.92 Å². The molecule has 1 aliphatic rings. The second kappa shape index (κ2) is 8.71. The van der Waals surface area contributed by atoms with E-state index in [9.17, 15) is 9.59 Å². The predicted octanol–water partition coefficient (Wildman–Crippen LogP) is 4.16.